The van der Waals surface area contributed by atoms with Gasteiger partial charge >= 0.3 is 11.9 Å². The van der Waals surface area contributed by atoms with Gasteiger partial charge in [-0.3, -0.25) is 0 Å². The van der Waals surface area contributed by atoms with Crippen LogP contribution in [-0.2, 0) is 20.8 Å². The summed E-state index contributed by atoms with van der Waals surface area (Å²) >= 11 is 0. The Bertz CT molecular complexity index is 439. The minimum atomic E-state index is -0.578. The molecule has 0 aliphatic carbocycles. The van der Waals surface area contributed by atoms with Crippen molar-refractivity contribution in [1.29, 1.82) is 0 Å². The number of hydrogen-bond donors (Lipinski definition) is 0. The molecule has 0 aromatic heterocycles. The van der Waals surface area contributed by atoms with Gasteiger partial charge in [-0.05, 0) is 18.6 Å². The monoisotopic (exact) mass is 252 g/mol. The van der Waals surface area contributed by atoms with Gasteiger partial charge in [0.15, 0.2) is 0 Å². The number of methoxy groups -OCH3 is 2. The third kappa shape index (κ3) is 3.07. The molecule has 98 valence electrons. The van der Waals surface area contributed by atoms with E-state index in [9.17, 15) is 9.59 Å². The van der Waals surface area contributed by atoms with Crippen molar-refractivity contribution in [3.8, 4) is 0 Å². The fraction of sp³-hybridized carbons (Fsp3) is 0.385. The van der Waals surface area contributed by atoms with E-state index in [1.54, 1.807) is 12.1 Å². The van der Waals surface area contributed by atoms with Gasteiger partial charge in [-0.1, -0.05) is 12.1 Å². The van der Waals surface area contributed by atoms with E-state index in [4.69, 9.17) is 4.74 Å². The Labute approximate surface area is 106 Å². The molecule has 1 aromatic carbocycles. The summed E-state index contributed by atoms with van der Waals surface area (Å²) in [4.78, 5) is 23.4. The Morgan fingerprint density at radius 3 is 2.33 bits per heavy atom. The Balaban J connectivity index is 3.25. The number of esters is 2. The third-order valence-corrected chi connectivity index (χ3v) is 2.41. The van der Waals surface area contributed by atoms with Crippen LogP contribution in [0.4, 0.5) is 0 Å². The number of benzene rings is 1. The second kappa shape index (κ2) is 6.76. The minimum absolute atomic E-state index is 0.182. The van der Waals surface area contributed by atoms with E-state index >= 15 is 0 Å². The molecule has 0 amide bonds. The Kier molecular flexibility index (Phi) is 5.32. The van der Waals surface area contributed by atoms with Crippen LogP contribution in [0.25, 0.3) is 0 Å². The Hall–Kier alpha value is -1.88. The van der Waals surface area contributed by atoms with Crippen LogP contribution < -0.4 is 0 Å². The zero-order chi connectivity index (χ0) is 13.5. The van der Waals surface area contributed by atoms with Crippen molar-refractivity contribution in [2.45, 2.75) is 13.5 Å². The van der Waals surface area contributed by atoms with Crippen molar-refractivity contribution in [3.63, 3.8) is 0 Å². The van der Waals surface area contributed by atoms with E-state index in [0.29, 0.717) is 12.2 Å². The third-order valence-electron chi connectivity index (χ3n) is 2.41. The van der Waals surface area contributed by atoms with Crippen molar-refractivity contribution in [2.24, 2.45) is 0 Å². The first kappa shape index (κ1) is 14.2. The van der Waals surface area contributed by atoms with Crippen molar-refractivity contribution >= 4 is 11.9 Å². The van der Waals surface area contributed by atoms with Gasteiger partial charge in [0.1, 0.15) is 0 Å². The van der Waals surface area contributed by atoms with Gasteiger partial charge in [-0.15, -0.1) is 0 Å². The van der Waals surface area contributed by atoms with Crippen LogP contribution in [0.15, 0.2) is 18.2 Å². The summed E-state index contributed by atoms with van der Waals surface area (Å²) in [5.41, 5.74) is 0.980. The number of rotatable bonds is 5. The summed E-state index contributed by atoms with van der Waals surface area (Å²) in [7, 11) is 2.53. The van der Waals surface area contributed by atoms with E-state index in [-0.39, 0.29) is 17.7 Å². The summed E-state index contributed by atoms with van der Waals surface area (Å²) in [6, 6.07) is 4.91. The molecule has 0 fully saturated rings. The van der Waals surface area contributed by atoms with Crippen LogP contribution in [-0.4, -0.2) is 32.8 Å². The lowest BCUT2D eigenvalue weighted by molar-refractivity contribution is 0.0549. The van der Waals surface area contributed by atoms with Crippen LogP contribution in [0, 0.1) is 0 Å². The molecule has 5 heteroatoms. The molecule has 0 heterocycles. The van der Waals surface area contributed by atoms with Gasteiger partial charge in [0.25, 0.3) is 0 Å². The van der Waals surface area contributed by atoms with Crippen LogP contribution in [0.1, 0.15) is 33.2 Å². The average molecular weight is 252 g/mol. The molecule has 1 rings (SSSR count). The molecule has 0 aliphatic rings. The number of carbonyl (C=O) groups excluding carboxylic acids is 2. The smallest absolute Gasteiger partial charge is 0.339 e. The van der Waals surface area contributed by atoms with E-state index < -0.39 is 11.9 Å². The van der Waals surface area contributed by atoms with Gasteiger partial charge in [-0.2, -0.15) is 0 Å². The average Bonchev–Trinajstić information content (AvgIpc) is 2.42. The van der Waals surface area contributed by atoms with Crippen molar-refractivity contribution in [3.05, 3.63) is 34.9 Å². The predicted octanol–water partition coefficient (Wildman–Crippen LogP) is 1.80. The molecule has 5 nitrogen and oxygen atoms in total. The van der Waals surface area contributed by atoms with Gasteiger partial charge < -0.3 is 14.2 Å². The summed E-state index contributed by atoms with van der Waals surface area (Å²) in [6.45, 7) is 2.61. The fourth-order valence-corrected chi connectivity index (χ4v) is 1.56. The highest BCUT2D eigenvalue weighted by Gasteiger charge is 2.21. The van der Waals surface area contributed by atoms with Crippen molar-refractivity contribution in [1.82, 2.24) is 0 Å². The van der Waals surface area contributed by atoms with Crippen LogP contribution in [0.2, 0.25) is 0 Å². The summed E-state index contributed by atoms with van der Waals surface area (Å²) in [6.07, 6.45) is 0. The summed E-state index contributed by atoms with van der Waals surface area (Å²) in [5, 5.41) is 0. The van der Waals surface area contributed by atoms with Crippen LogP contribution in [0.5, 0.6) is 0 Å². The van der Waals surface area contributed by atoms with Crippen molar-refractivity contribution in [2.75, 3.05) is 20.8 Å². The minimum Gasteiger partial charge on any atom is -0.465 e. The number of hydrogen-bond acceptors (Lipinski definition) is 5. The molecule has 0 radical (unpaired) electrons. The molecule has 0 saturated heterocycles. The number of ether oxygens (including phenoxy) is 3. The first-order valence-electron chi connectivity index (χ1n) is 5.52. The Morgan fingerprint density at radius 1 is 1.11 bits per heavy atom. The Morgan fingerprint density at radius 2 is 1.78 bits per heavy atom. The zero-order valence-electron chi connectivity index (χ0n) is 10.7. The largest absolute Gasteiger partial charge is 0.465 e. The first-order valence-corrected chi connectivity index (χ1v) is 5.52. The van der Waals surface area contributed by atoms with Gasteiger partial charge in [-0.25, -0.2) is 9.59 Å². The molecule has 0 spiro atoms. The van der Waals surface area contributed by atoms with Gasteiger partial charge in [0.05, 0.1) is 32.0 Å². The van der Waals surface area contributed by atoms with Crippen LogP contribution >= 0.6 is 0 Å². The van der Waals surface area contributed by atoms with Gasteiger partial charge in [0.2, 0.25) is 0 Å². The summed E-state index contributed by atoms with van der Waals surface area (Å²) < 4.78 is 14.6. The normalized spacial score (nSPS) is 9.94. The molecular weight excluding hydrogens is 236 g/mol. The summed E-state index contributed by atoms with van der Waals surface area (Å²) in [5.74, 6) is -1.15. The highest BCUT2D eigenvalue weighted by atomic mass is 16.5. The molecule has 0 atom stereocenters. The fourth-order valence-electron chi connectivity index (χ4n) is 1.56. The topological polar surface area (TPSA) is 61.8 Å². The van der Waals surface area contributed by atoms with Gasteiger partial charge in [0, 0.05) is 6.61 Å². The molecule has 0 bridgehead atoms. The molecule has 0 saturated carbocycles. The van der Waals surface area contributed by atoms with E-state index in [1.165, 1.54) is 20.3 Å². The molecular formula is C13H16O5. The van der Waals surface area contributed by atoms with E-state index in [0.717, 1.165) is 0 Å². The molecule has 1 aromatic rings. The lowest BCUT2D eigenvalue weighted by Crippen LogP contribution is -2.15. The second-order valence-corrected chi connectivity index (χ2v) is 3.46. The van der Waals surface area contributed by atoms with Crippen LogP contribution in [0.3, 0.4) is 0 Å². The number of carbonyl (C=O) groups is 2. The highest BCUT2D eigenvalue weighted by Crippen LogP contribution is 2.18. The lowest BCUT2D eigenvalue weighted by Gasteiger charge is -2.11. The molecule has 0 aliphatic heterocycles. The first-order chi connectivity index (χ1) is 8.65. The quantitative estimate of drug-likeness (QED) is 0.748. The predicted molar refractivity (Wildman–Crippen MR) is 64.5 cm³/mol. The van der Waals surface area contributed by atoms with E-state index in [2.05, 4.69) is 9.47 Å². The SMILES string of the molecule is CCOCc1cccc(C(=O)OC)c1C(=O)OC. The van der Waals surface area contributed by atoms with Crippen molar-refractivity contribution < 1.29 is 23.8 Å². The molecule has 0 N–H and O–H groups in total. The maximum atomic E-state index is 11.8. The molecule has 0 unspecified atom stereocenters. The standard InChI is InChI=1S/C13H16O5/c1-4-18-8-9-6-5-7-10(12(14)16-2)11(9)13(15)17-3/h5-7H,4,8H2,1-3H3. The highest BCUT2D eigenvalue weighted by molar-refractivity contribution is 6.04. The maximum Gasteiger partial charge on any atom is 0.339 e. The molecule has 18 heavy (non-hydrogen) atoms. The maximum absolute atomic E-state index is 11.8. The lowest BCUT2D eigenvalue weighted by atomic mass is 10.0. The second-order valence-electron chi connectivity index (χ2n) is 3.46. The zero-order valence-corrected chi connectivity index (χ0v) is 10.7. The van der Waals surface area contributed by atoms with E-state index in [1.807, 2.05) is 6.92 Å².